The third kappa shape index (κ3) is 5.29. The van der Waals surface area contributed by atoms with Crippen LogP contribution in [0.3, 0.4) is 0 Å². The summed E-state index contributed by atoms with van der Waals surface area (Å²) in [4.78, 5) is 30.0. The highest BCUT2D eigenvalue weighted by atomic mass is 16.4. The number of ketones is 1. The number of hydrogen-bond donors (Lipinski definition) is 2. The van der Waals surface area contributed by atoms with E-state index in [-0.39, 0.29) is 12.3 Å². The topological polar surface area (TPSA) is 91.7 Å². The van der Waals surface area contributed by atoms with E-state index in [9.17, 15) is 9.59 Å². The minimum Gasteiger partial charge on any atom is -0.483 e. The molecule has 0 radical (unpaired) electrons. The maximum atomic E-state index is 11.1. The molecule has 0 saturated heterocycles. The summed E-state index contributed by atoms with van der Waals surface area (Å²) in [6, 6.07) is 0. The smallest absolute Gasteiger partial charge is 0.316 e. The van der Waals surface area contributed by atoms with Crippen molar-refractivity contribution < 1.29 is 24.6 Å². The van der Waals surface area contributed by atoms with Crippen LogP contribution in [0.1, 0.15) is 33.6 Å². The van der Waals surface area contributed by atoms with E-state index in [4.69, 9.17) is 15.0 Å². The highest BCUT2D eigenvalue weighted by molar-refractivity contribution is 6.02. The number of Topliss-reactive ketones (excluding diaryl/α,β-unsaturated/α-hetero) is 1. The second-order valence-electron chi connectivity index (χ2n) is 3.21. The Kier molecular flexibility index (Phi) is 7.61. The summed E-state index contributed by atoms with van der Waals surface area (Å²) >= 11 is 0. The van der Waals surface area contributed by atoms with Crippen molar-refractivity contribution >= 4 is 18.2 Å². The van der Waals surface area contributed by atoms with Crippen molar-refractivity contribution in [2.75, 3.05) is 0 Å². The summed E-state index contributed by atoms with van der Waals surface area (Å²) in [5.74, 6) is -1.25. The Morgan fingerprint density at radius 1 is 1.36 bits per heavy atom. The number of rotatable bonds is 4. The Bertz CT molecular complexity index is 207. The van der Waals surface area contributed by atoms with Gasteiger partial charge in [0.25, 0.3) is 6.47 Å². The van der Waals surface area contributed by atoms with Crippen LogP contribution >= 0.6 is 0 Å². The van der Waals surface area contributed by atoms with Crippen LogP contribution in [-0.2, 0) is 14.4 Å². The van der Waals surface area contributed by atoms with Crippen molar-refractivity contribution in [2.24, 2.45) is 5.41 Å². The summed E-state index contributed by atoms with van der Waals surface area (Å²) in [7, 11) is 0. The molecule has 0 heterocycles. The highest BCUT2D eigenvalue weighted by Crippen LogP contribution is 2.19. The van der Waals surface area contributed by atoms with Gasteiger partial charge in [0.05, 0.1) is 0 Å². The van der Waals surface area contributed by atoms with E-state index in [0.717, 1.165) is 0 Å². The Morgan fingerprint density at radius 3 is 1.93 bits per heavy atom. The zero-order valence-corrected chi connectivity index (χ0v) is 8.61. The largest absolute Gasteiger partial charge is 0.483 e. The second-order valence-corrected chi connectivity index (χ2v) is 3.21. The fourth-order valence-corrected chi connectivity index (χ4v) is 0.659. The minimum absolute atomic E-state index is 0.201. The lowest BCUT2D eigenvalue weighted by Crippen LogP contribution is -2.32. The van der Waals surface area contributed by atoms with Gasteiger partial charge in [-0.25, -0.2) is 0 Å². The summed E-state index contributed by atoms with van der Waals surface area (Å²) in [5.41, 5.74) is -1.21. The van der Waals surface area contributed by atoms with Crippen LogP contribution < -0.4 is 0 Å². The lowest BCUT2D eigenvalue weighted by atomic mass is 9.86. The van der Waals surface area contributed by atoms with Crippen molar-refractivity contribution in [3.8, 4) is 0 Å². The summed E-state index contributed by atoms with van der Waals surface area (Å²) in [6.45, 7) is 4.48. The van der Waals surface area contributed by atoms with Crippen molar-refractivity contribution in [3.05, 3.63) is 0 Å². The molecule has 0 aromatic heterocycles. The van der Waals surface area contributed by atoms with Gasteiger partial charge in [0.15, 0.2) is 0 Å². The first-order valence-electron chi connectivity index (χ1n) is 4.19. The number of hydrogen-bond acceptors (Lipinski definition) is 3. The normalized spacial score (nSPS) is 9.64. The van der Waals surface area contributed by atoms with Gasteiger partial charge in [0, 0.05) is 6.42 Å². The molecule has 0 bridgehead atoms. The maximum Gasteiger partial charge on any atom is 0.316 e. The van der Waals surface area contributed by atoms with Crippen molar-refractivity contribution in [1.29, 1.82) is 0 Å². The molecule has 0 aliphatic carbocycles. The Balaban J connectivity index is 0. The molecule has 0 unspecified atom stereocenters. The predicted molar refractivity (Wildman–Crippen MR) is 50.0 cm³/mol. The van der Waals surface area contributed by atoms with Crippen molar-refractivity contribution in [2.45, 2.75) is 33.6 Å². The molecule has 0 saturated carbocycles. The first-order valence-corrected chi connectivity index (χ1v) is 4.19. The number of carboxylic acids is 1. The van der Waals surface area contributed by atoms with E-state index in [0.29, 0.717) is 12.8 Å². The Morgan fingerprint density at radius 2 is 1.71 bits per heavy atom. The summed E-state index contributed by atoms with van der Waals surface area (Å²) < 4.78 is 0. The monoisotopic (exact) mass is 204 g/mol. The molecule has 0 aromatic rings. The van der Waals surface area contributed by atoms with E-state index in [2.05, 4.69) is 0 Å². The molecule has 82 valence electrons. The van der Waals surface area contributed by atoms with E-state index in [1.807, 2.05) is 6.92 Å². The summed E-state index contributed by atoms with van der Waals surface area (Å²) in [5, 5.41) is 15.5. The van der Waals surface area contributed by atoms with Gasteiger partial charge in [-0.1, -0.05) is 6.92 Å². The lowest BCUT2D eigenvalue weighted by Gasteiger charge is -2.16. The number of aliphatic carboxylic acids is 1. The molecule has 0 aliphatic heterocycles. The van der Waals surface area contributed by atoms with E-state index in [1.54, 1.807) is 0 Å². The molecular formula is C9H16O5. The lowest BCUT2D eigenvalue weighted by molar-refractivity contribution is -0.152. The molecule has 0 atom stereocenters. The van der Waals surface area contributed by atoms with Crippen LogP contribution in [0.2, 0.25) is 0 Å². The Labute approximate surface area is 82.7 Å². The zero-order chi connectivity index (χ0) is 11.8. The van der Waals surface area contributed by atoms with Crippen LogP contribution in [0.25, 0.3) is 0 Å². The van der Waals surface area contributed by atoms with E-state index in [1.165, 1.54) is 13.8 Å². The molecule has 2 N–H and O–H groups in total. The predicted octanol–water partition coefficient (Wildman–Crippen LogP) is 1.17. The molecule has 0 aliphatic rings. The van der Waals surface area contributed by atoms with Gasteiger partial charge in [-0.05, 0) is 20.3 Å². The number of carboxylic acid groups (broad SMARTS) is 2. The average Bonchev–Trinajstić information content (AvgIpc) is 2.05. The van der Waals surface area contributed by atoms with Gasteiger partial charge < -0.3 is 10.2 Å². The zero-order valence-electron chi connectivity index (χ0n) is 8.61. The van der Waals surface area contributed by atoms with Gasteiger partial charge in [-0.15, -0.1) is 0 Å². The second kappa shape index (κ2) is 7.06. The fourth-order valence-electron chi connectivity index (χ4n) is 0.659. The molecule has 0 amide bonds. The van der Waals surface area contributed by atoms with Gasteiger partial charge in [-0.3, -0.25) is 14.4 Å². The van der Waals surface area contributed by atoms with Crippen LogP contribution in [0.4, 0.5) is 0 Å². The van der Waals surface area contributed by atoms with Crippen molar-refractivity contribution in [1.82, 2.24) is 0 Å². The average molecular weight is 204 g/mol. The minimum atomic E-state index is -1.21. The van der Waals surface area contributed by atoms with Gasteiger partial charge in [0.1, 0.15) is 11.2 Å². The molecular weight excluding hydrogens is 188 g/mol. The van der Waals surface area contributed by atoms with Gasteiger partial charge in [0.2, 0.25) is 0 Å². The first-order chi connectivity index (χ1) is 6.34. The van der Waals surface area contributed by atoms with Crippen LogP contribution in [-0.4, -0.2) is 28.4 Å². The van der Waals surface area contributed by atoms with Crippen molar-refractivity contribution in [3.63, 3.8) is 0 Å². The molecule has 0 aromatic carbocycles. The molecule has 0 fully saturated rings. The quantitative estimate of drug-likeness (QED) is 0.529. The van der Waals surface area contributed by atoms with Gasteiger partial charge in [-0.2, -0.15) is 0 Å². The third-order valence-corrected chi connectivity index (χ3v) is 1.71. The molecule has 5 nitrogen and oxygen atoms in total. The van der Waals surface area contributed by atoms with E-state index < -0.39 is 11.4 Å². The SMILES string of the molecule is CCCC(=O)C(C)(C)C(=O)O.O=CO. The van der Waals surface area contributed by atoms with Gasteiger partial charge >= 0.3 is 5.97 Å². The van der Waals surface area contributed by atoms with E-state index >= 15 is 0 Å². The van der Waals surface area contributed by atoms with Crippen LogP contribution in [0.15, 0.2) is 0 Å². The van der Waals surface area contributed by atoms with Crippen LogP contribution in [0.5, 0.6) is 0 Å². The first kappa shape index (κ1) is 15.1. The third-order valence-electron chi connectivity index (χ3n) is 1.71. The molecule has 5 heteroatoms. The standard InChI is InChI=1S/C8H14O3.CH2O2/c1-4-5-6(9)8(2,3)7(10)11;2-1-3/h4-5H2,1-3H3,(H,10,11);1H,(H,2,3). The fraction of sp³-hybridized carbons (Fsp3) is 0.667. The number of carbonyl (C=O) groups excluding carboxylic acids is 1. The molecule has 0 rings (SSSR count). The molecule has 14 heavy (non-hydrogen) atoms. The highest BCUT2D eigenvalue weighted by Gasteiger charge is 2.34. The summed E-state index contributed by atoms with van der Waals surface area (Å²) in [6.07, 6.45) is 1.05. The molecule has 0 spiro atoms. The maximum absolute atomic E-state index is 11.1. The van der Waals surface area contributed by atoms with Crippen LogP contribution in [0, 0.1) is 5.41 Å². The Hall–Kier alpha value is -1.39. The number of carbonyl (C=O) groups is 3.